The molecule has 0 unspecified atom stereocenters. The molecule has 0 aromatic carbocycles. The predicted molar refractivity (Wildman–Crippen MR) is 79.0 cm³/mol. The third kappa shape index (κ3) is 5.50. The summed E-state index contributed by atoms with van der Waals surface area (Å²) in [4.78, 5) is 6.69. The lowest BCUT2D eigenvalue weighted by Gasteiger charge is -2.18. The van der Waals surface area contributed by atoms with Gasteiger partial charge in [-0.3, -0.25) is 0 Å². The first-order valence-electron chi connectivity index (χ1n) is 7.14. The van der Waals surface area contributed by atoms with Crippen molar-refractivity contribution in [3.8, 4) is 0 Å². The highest BCUT2D eigenvalue weighted by atomic mass is 15.2. The van der Waals surface area contributed by atoms with Gasteiger partial charge in [0.1, 0.15) is 5.82 Å². The van der Waals surface area contributed by atoms with Crippen LogP contribution in [0.5, 0.6) is 0 Å². The van der Waals surface area contributed by atoms with E-state index in [2.05, 4.69) is 48.2 Å². The molecular formula is C15H27N3. The lowest BCUT2D eigenvalue weighted by atomic mass is 10.2. The molecule has 0 saturated carbocycles. The van der Waals surface area contributed by atoms with Gasteiger partial charge in [0.15, 0.2) is 0 Å². The molecule has 3 nitrogen and oxygen atoms in total. The minimum atomic E-state index is 0.937. The Labute approximate surface area is 112 Å². The molecule has 18 heavy (non-hydrogen) atoms. The molecule has 1 N–H and O–H groups in total. The Morgan fingerprint density at radius 2 is 2.06 bits per heavy atom. The zero-order chi connectivity index (χ0) is 13.2. The Hall–Kier alpha value is -1.09. The van der Waals surface area contributed by atoms with Crippen molar-refractivity contribution < 1.29 is 0 Å². The summed E-state index contributed by atoms with van der Waals surface area (Å²) in [5.41, 5.74) is 1.32. The Morgan fingerprint density at radius 1 is 1.22 bits per heavy atom. The van der Waals surface area contributed by atoms with Gasteiger partial charge in [-0.25, -0.2) is 4.98 Å². The highest BCUT2D eigenvalue weighted by Crippen LogP contribution is 2.12. The number of nitrogens with one attached hydrogen (secondary N) is 1. The molecule has 3 heteroatoms. The van der Waals surface area contributed by atoms with Crippen molar-refractivity contribution in [2.24, 2.45) is 0 Å². The maximum atomic E-state index is 4.44. The minimum absolute atomic E-state index is 0.937. The molecule has 1 aromatic rings. The van der Waals surface area contributed by atoms with E-state index in [1.165, 1.54) is 31.2 Å². The van der Waals surface area contributed by atoms with Gasteiger partial charge in [-0.2, -0.15) is 0 Å². The van der Waals surface area contributed by atoms with Gasteiger partial charge in [0.05, 0.1) is 0 Å². The van der Waals surface area contributed by atoms with Crippen molar-refractivity contribution in [1.82, 2.24) is 10.3 Å². The topological polar surface area (TPSA) is 28.2 Å². The Balaban J connectivity index is 2.47. The Kier molecular flexibility index (Phi) is 7.42. The minimum Gasteiger partial charge on any atom is -0.360 e. The SMILES string of the molecule is CCCCCN(C)c1cc(CNCCC)ccn1. The third-order valence-electron chi connectivity index (χ3n) is 3.05. The largest absolute Gasteiger partial charge is 0.360 e. The number of hydrogen-bond donors (Lipinski definition) is 1. The van der Waals surface area contributed by atoms with Gasteiger partial charge in [0, 0.05) is 26.3 Å². The smallest absolute Gasteiger partial charge is 0.128 e. The average molecular weight is 249 g/mol. The lowest BCUT2D eigenvalue weighted by molar-refractivity contribution is 0.673. The van der Waals surface area contributed by atoms with Gasteiger partial charge in [0.2, 0.25) is 0 Å². The Morgan fingerprint density at radius 3 is 2.78 bits per heavy atom. The van der Waals surface area contributed by atoms with E-state index in [1.54, 1.807) is 0 Å². The van der Waals surface area contributed by atoms with E-state index in [0.717, 1.165) is 25.5 Å². The van der Waals surface area contributed by atoms with E-state index >= 15 is 0 Å². The van der Waals surface area contributed by atoms with Gasteiger partial charge in [0.25, 0.3) is 0 Å². The second-order valence-electron chi connectivity index (χ2n) is 4.83. The number of nitrogens with zero attached hydrogens (tertiary/aromatic N) is 2. The van der Waals surface area contributed by atoms with Gasteiger partial charge < -0.3 is 10.2 Å². The van der Waals surface area contributed by atoms with Crippen molar-refractivity contribution in [1.29, 1.82) is 0 Å². The van der Waals surface area contributed by atoms with Crippen molar-refractivity contribution >= 4 is 5.82 Å². The molecule has 0 radical (unpaired) electrons. The highest BCUT2D eigenvalue weighted by Gasteiger charge is 2.03. The fraction of sp³-hybridized carbons (Fsp3) is 0.667. The molecule has 0 aliphatic rings. The van der Waals surface area contributed by atoms with Crippen LogP contribution in [0.4, 0.5) is 5.82 Å². The number of rotatable bonds is 9. The van der Waals surface area contributed by atoms with Crippen LogP contribution in [0.15, 0.2) is 18.3 Å². The molecule has 1 aromatic heterocycles. The fourth-order valence-corrected chi connectivity index (χ4v) is 1.90. The lowest BCUT2D eigenvalue weighted by Crippen LogP contribution is -2.20. The maximum absolute atomic E-state index is 4.44. The molecule has 1 rings (SSSR count). The van der Waals surface area contributed by atoms with Crippen molar-refractivity contribution in [2.75, 3.05) is 25.0 Å². The summed E-state index contributed by atoms with van der Waals surface area (Å²) in [5.74, 6) is 1.09. The van der Waals surface area contributed by atoms with E-state index in [-0.39, 0.29) is 0 Å². The summed E-state index contributed by atoms with van der Waals surface area (Å²) in [6.45, 7) is 7.52. The van der Waals surface area contributed by atoms with Crippen LogP contribution in [0.2, 0.25) is 0 Å². The summed E-state index contributed by atoms with van der Waals surface area (Å²) >= 11 is 0. The third-order valence-corrected chi connectivity index (χ3v) is 3.05. The van der Waals surface area contributed by atoms with E-state index in [1.807, 2.05) is 6.20 Å². The molecule has 0 fully saturated rings. The van der Waals surface area contributed by atoms with Crippen LogP contribution in [0.1, 0.15) is 45.1 Å². The number of anilines is 1. The van der Waals surface area contributed by atoms with Gasteiger partial charge >= 0.3 is 0 Å². The van der Waals surface area contributed by atoms with E-state index in [9.17, 15) is 0 Å². The van der Waals surface area contributed by atoms with Gasteiger partial charge in [-0.15, -0.1) is 0 Å². The molecule has 0 aliphatic heterocycles. The second-order valence-corrected chi connectivity index (χ2v) is 4.83. The summed E-state index contributed by atoms with van der Waals surface area (Å²) in [7, 11) is 2.13. The molecule has 0 spiro atoms. The highest BCUT2D eigenvalue weighted by molar-refractivity contribution is 5.39. The van der Waals surface area contributed by atoms with Crippen molar-refractivity contribution in [2.45, 2.75) is 46.1 Å². The fourth-order valence-electron chi connectivity index (χ4n) is 1.90. The number of pyridine rings is 1. The van der Waals surface area contributed by atoms with Crippen LogP contribution in [0, 0.1) is 0 Å². The summed E-state index contributed by atoms with van der Waals surface area (Å²) in [6, 6.07) is 4.28. The van der Waals surface area contributed by atoms with E-state index in [0.29, 0.717) is 0 Å². The van der Waals surface area contributed by atoms with Crippen LogP contribution >= 0.6 is 0 Å². The van der Waals surface area contributed by atoms with Gasteiger partial charge in [-0.1, -0.05) is 26.7 Å². The zero-order valence-electron chi connectivity index (χ0n) is 12.1. The molecule has 102 valence electrons. The van der Waals surface area contributed by atoms with Crippen LogP contribution in [0.3, 0.4) is 0 Å². The normalized spacial score (nSPS) is 10.6. The van der Waals surface area contributed by atoms with Gasteiger partial charge in [-0.05, 0) is 37.1 Å². The number of aromatic nitrogens is 1. The van der Waals surface area contributed by atoms with Crippen LogP contribution in [-0.2, 0) is 6.54 Å². The molecule has 1 heterocycles. The summed E-state index contributed by atoms with van der Waals surface area (Å²) in [6.07, 6.45) is 6.89. The predicted octanol–water partition coefficient (Wildman–Crippen LogP) is 3.21. The first-order valence-corrected chi connectivity index (χ1v) is 7.14. The first-order chi connectivity index (χ1) is 8.77. The average Bonchev–Trinajstić information content (AvgIpc) is 2.39. The number of unbranched alkanes of at least 4 members (excludes halogenated alkanes) is 2. The Bertz CT molecular complexity index is 325. The second kappa shape index (κ2) is 8.92. The monoisotopic (exact) mass is 249 g/mol. The molecule has 0 saturated heterocycles. The molecule has 0 amide bonds. The van der Waals surface area contributed by atoms with Crippen LogP contribution in [-0.4, -0.2) is 25.1 Å². The van der Waals surface area contributed by atoms with E-state index < -0.39 is 0 Å². The van der Waals surface area contributed by atoms with Crippen molar-refractivity contribution in [3.63, 3.8) is 0 Å². The summed E-state index contributed by atoms with van der Waals surface area (Å²) in [5, 5.41) is 3.42. The standard InChI is InChI=1S/C15H27N3/c1-4-6-7-11-18(3)15-12-14(8-10-17-15)13-16-9-5-2/h8,10,12,16H,4-7,9,11,13H2,1-3H3. The van der Waals surface area contributed by atoms with Crippen LogP contribution < -0.4 is 10.2 Å². The zero-order valence-corrected chi connectivity index (χ0v) is 12.1. The molecule has 0 atom stereocenters. The summed E-state index contributed by atoms with van der Waals surface area (Å²) < 4.78 is 0. The molecular weight excluding hydrogens is 222 g/mol. The first kappa shape index (κ1) is 15.0. The van der Waals surface area contributed by atoms with Crippen LogP contribution in [0.25, 0.3) is 0 Å². The quantitative estimate of drug-likeness (QED) is 0.681. The van der Waals surface area contributed by atoms with Crippen molar-refractivity contribution in [3.05, 3.63) is 23.9 Å². The maximum Gasteiger partial charge on any atom is 0.128 e. The van der Waals surface area contributed by atoms with E-state index in [4.69, 9.17) is 0 Å². The number of hydrogen-bond acceptors (Lipinski definition) is 3. The molecule has 0 aliphatic carbocycles. The molecule has 0 bridgehead atoms.